The van der Waals surface area contributed by atoms with Gasteiger partial charge in [0.15, 0.2) is 0 Å². The van der Waals surface area contributed by atoms with Gasteiger partial charge in [0.1, 0.15) is 0 Å². The van der Waals surface area contributed by atoms with E-state index in [9.17, 15) is 14.7 Å². The number of thiazole rings is 1. The Bertz CT molecular complexity index is 515. The van der Waals surface area contributed by atoms with Crippen LogP contribution in [0.2, 0.25) is 0 Å². The summed E-state index contributed by atoms with van der Waals surface area (Å²) in [6.45, 7) is 4.51. The van der Waals surface area contributed by atoms with Gasteiger partial charge in [0, 0.05) is 24.0 Å². The summed E-state index contributed by atoms with van der Waals surface area (Å²) >= 11 is 1.59. The lowest BCUT2D eigenvalue weighted by Crippen LogP contribution is -2.36. The van der Waals surface area contributed by atoms with Gasteiger partial charge in [0.05, 0.1) is 16.8 Å². The van der Waals surface area contributed by atoms with Crippen molar-refractivity contribution >= 4 is 23.2 Å². The predicted octanol–water partition coefficient (Wildman–Crippen LogP) is 2.25. The van der Waals surface area contributed by atoms with Gasteiger partial charge in [-0.1, -0.05) is 13.3 Å². The Morgan fingerprint density at radius 3 is 2.71 bits per heavy atom. The lowest BCUT2D eigenvalue weighted by atomic mass is 9.95. The molecular weight excluding hydrogens is 288 g/mol. The van der Waals surface area contributed by atoms with Crippen LogP contribution in [0.25, 0.3) is 0 Å². The Hall–Kier alpha value is -1.43. The number of hydrogen-bond acceptors (Lipinski definition) is 4. The van der Waals surface area contributed by atoms with Crippen molar-refractivity contribution in [3.05, 3.63) is 16.1 Å². The van der Waals surface area contributed by atoms with E-state index in [1.54, 1.807) is 11.3 Å². The van der Waals surface area contributed by atoms with Gasteiger partial charge >= 0.3 is 5.97 Å². The fourth-order valence-electron chi connectivity index (χ4n) is 2.98. The number of nitrogens with one attached hydrogen (secondary N) is 1. The van der Waals surface area contributed by atoms with E-state index in [2.05, 4.69) is 17.2 Å². The number of aliphatic carboxylic acids is 1. The highest BCUT2D eigenvalue weighted by atomic mass is 32.1. The Balaban J connectivity index is 1.85. The van der Waals surface area contributed by atoms with Crippen LogP contribution in [0.4, 0.5) is 0 Å². The summed E-state index contributed by atoms with van der Waals surface area (Å²) < 4.78 is 0. The standard InChI is InChI=1S/C15H22N2O3S/c1-3-10-6-11(12(7-10)15(19)20)14(18)16-5-4-13-17-9(2)8-21-13/h8,10-12H,3-7H2,1-2H3,(H,16,18)(H,19,20)/t10?,11-,12+/m0/s1. The first-order chi connectivity index (χ1) is 10.0. The molecule has 3 atom stereocenters. The molecule has 1 unspecified atom stereocenters. The molecule has 0 bridgehead atoms. The molecule has 0 saturated heterocycles. The van der Waals surface area contributed by atoms with E-state index in [1.807, 2.05) is 12.3 Å². The van der Waals surface area contributed by atoms with E-state index in [-0.39, 0.29) is 11.8 Å². The number of aromatic nitrogens is 1. The molecule has 0 spiro atoms. The van der Waals surface area contributed by atoms with E-state index in [0.29, 0.717) is 31.7 Å². The molecule has 1 aromatic heterocycles. The van der Waals surface area contributed by atoms with Gasteiger partial charge in [-0.25, -0.2) is 4.98 Å². The van der Waals surface area contributed by atoms with Crippen molar-refractivity contribution in [1.82, 2.24) is 10.3 Å². The van der Waals surface area contributed by atoms with Crippen LogP contribution in [0.15, 0.2) is 5.38 Å². The van der Waals surface area contributed by atoms with Gasteiger partial charge in [-0.2, -0.15) is 0 Å². The average molecular weight is 310 g/mol. The highest BCUT2D eigenvalue weighted by Crippen LogP contribution is 2.38. The van der Waals surface area contributed by atoms with Gasteiger partial charge in [-0.15, -0.1) is 11.3 Å². The molecule has 5 nitrogen and oxygen atoms in total. The number of nitrogens with zero attached hydrogens (tertiary/aromatic N) is 1. The van der Waals surface area contributed by atoms with Crippen molar-refractivity contribution < 1.29 is 14.7 Å². The molecular formula is C15H22N2O3S. The highest BCUT2D eigenvalue weighted by molar-refractivity contribution is 7.09. The van der Waals surface area contributed by atoms with E-state index >= 15 is 0 Å². The Morgan fingerprint density at radius 2 is 2.14 bits per heavy atom. The molecule has 0 aliphatic heterocycles. The fraction of sp³-hybridized carbons (Fsp3) is 0.667. The Labute approximate surface area is 128 Å². The Kier molecular flexibility index (Phi) is 5.33. The topological polar surface area (TPSA) is 79.3 Å². The molecule has 1 aliphatic carbocycles. The van der Waals surface area contributed by atoms with Crippen molar-refractivity contribution in [2.45, 2.75) is 39.5 Å². The van der Waals surface area contributed by atoms with Gasteiger partial charge in [-0.05, 0) is 25.7 Å². The van der Waals surface area contributed by atoms with Crippen molar-refractivity contribution in [2.24, 2.45) is 17.8 Å². The minimum Gasteiger partial charge on any atom is -0.481 e. The third-order valence-corrected chi connectivity index (χ3v) is 5.22. The summed E-state index contributed by atoms with van der Waals surface area (Å²) in [5.41, 5.74) is 0.994. The number of amides is 1. The zero-order chi connectivity index (χ0) is 15.4. The van der Waals surface area contributed by atoms with Crippen molar-refractivity contribution in [1.29, 1.82) is 0 Å². The Morgan fingerprint density at radius 1 is 1.43 bits per heavy atom. The molecule has 1 aromatic rings. The fourth-order valence-corrected chi connectivity index (χ4v) is 3.76. The van der Waals surface area contributed by atoms with E-state index in [1.165, 1.54) is 0 Å². The van der Waals surface area contributed by atoms with E-state index < -0.39 is 11.9 Å². The van der Waals surface area contributed by atoms with Crippen LogP contribution in [0.3, 0.4) is 0 Å². The molecule has 1 heterocycles. The SMILES string of the molecule is CCC1C[C@H](C(=O)NCCc2nc(C)cs2)[C@H](C(=O)O)C1. The lowest BCUT2D eigenvalue weighted by Gasteiger charge is -2.15. The summed E-state index contributed by atoms with van der Waals surface area (Å²) in [6.07, 6.45) is 2.95. The summed E-state index contributed by atoms with van der Waals surface area (Å²) in [5, 5.41) is 15.1. The molecule has 0 radical (unpaired) electrons. The smallest absolute Gasteiger partial charge is 0.307 e. The molecule has 1 amide bonds. The molecule has 2 rings (SSSR count). The second-order valence-corrected chi connectivity index (χ2v) is 6.66. The molecule has 0 aromatic carbocycles. The molecule has 1 fully saturated rings. The van der Waals surface area contributed by atoms with Gasteiger partial charge in [-0.3, -0.25) is 9.59 Å². The summed E-state index contributed by atoms with van der Waals surface area (Å²) in [5.74, 6) is -1.53. The minimum absolute atomic E-state index is 0.119. The first-order valence-electron chi connectivity index (χ1n) is 7.42. The second kappa shape index (κ2) is 7.02. The number of carbonyl (C=O) groups excluding carboxylic acids is 1. The van der Waals surface area contributed by atoms with Gasteiger partial charge < -0.3 is 10.4 Å². The van der Waals surface area contributed by atoms with E-state index in [4.69, 9.17) is 0 Å². The number of carboxylic acid groups (broad SMARTS) is 1. The number of rotatable bonds is 6. The van der Waals surface area contributed by atoms with Crippen LogP contribution in [0, 0.1) is 24.7 Å². The van der Waals surface area contributed by atoms with Crippen LogP contribution in [0.5, 0.6) is 0 Å². The lowest BCUT2D eigenvalue weighted by molar-refractivity contribution is -0.146. The van der Waals surface area contributed by atoms with Crippen LogP contribution < -0.4 is 5.32 Å². The molecule has 6 heteroatoms. The molecule has 1 aliphatic rings. The van der Waals surface area contributed by atoms with Gasteiger partial charge in [0.2, 0.25) is 5.91 Å². The minimum atomic E-state index is -0.846. The van der Waals surface area contributed by atoms with Crippen LogP contribution in [-0.4, -0.2) is 28.5 Å². The summed E-state index contributed by atoms with van der Waals surface area (Å²) in [6, 6.07) is 0. The largest absolute Gasteiger partial charge is 0.481 e. The number of carboxylic acids is 1. The molecule has 1 saturated carbocycles. The summed E-state index contributed by atoms with van der Waals surface area (Å²) in [7, 11) is 0. The van der Waals surface area contributed by atoms with Crippen LogP contribution in [-0.2, 0) is 16.0 Å². The molecule has 21 heavy (non-hydrogen) atoms. The maximum absolute atomic E-state index is 12.2. The van der Waals surface area contributed by atoms with E-state index in [0.717, 1.165) is 17.1 Å². The third kappa shape index (κ3) is 4.03. The van der Waals surface area contributed by atoms with Crippen molar-refractivity contribution in [3.8, 4) is 0 Å². The van der Waals surface area contributed by atoms with Crippen molar-refractivity contribution in [2.75, 3.05) is 6.54 Å². The van der Waals surface area contributed by atoms with Crippen molar-refractivity contribution in [3.63, 3.8) is 0 Å². The maximum Gasteiger partial charge on any atom is 0.307 e. The van der Waals surface area contributed by atoms with Gasteiger partial charge in [0.25, 0.3) is 0 Å². The zero-order valence-corrected chi connectivity index (χ0v) is 13.3. The second-order valence-electron chi connectivity index (χ2n) is 5.72. The van der Waals surface area contributed by atoms with Crippen LogP contribution in [0.1, 0.15) is 36.9 Å². The number of aryl methyl sites for hydroxylation is 1. The highest BCUT2D eigenvalue weighted by Gasteiger charge is 2.41. The average Bonchev–Trinajstić information content (AvgIpc) is 3.04. The van der Waals surface area contributed by atoms with Crippen LogP contribution >= 0.6 is 11.3 Å². The molecule has 116 valence electrons. The normalized spacial score (nSPS) is 25.0. The predicted molar refractivity (Wildman–Crippen MR) is 81.2 cm³/mol. The monoisotopic (exact) mass is 310 g/mol. The summed E-state index contributed by atoms with van der Waals surface area (Å²) in [4.78, 5) is 27.9. The number of hydrogen-bond donors (Lipinski definition) is 2. The zero-order valence-electron chi connectivity index (χ0n) is 12.5. The number of carbonyl (C=O) groups is 2. The maximum atomic E-state index is 12.2. The third-order valence-electron chi connectivity index (χ3n) is 4.20. The first kappa shape index (κ1) is 15.9. The first-order valence-corrected chi connectivity index (χ1v) is 8.30. The molecule has 2 N–H and O–H groups in total. The quantitative estimate of drug-likeness (QED) is 0.844.